The minimum absolute atomic E-state index is 0.186. The third kappa shape index (κ3) is 9.16. The van der Waals surface area contributed by atoms with Gasteiger partial charge in [-0.05, 0) is 13.0 Å². The van der Waals surface area contributed by atoms with E-state index in [0.717, 1.165) is 6.42 Å². The Bertz CT molecular complexity index is 636. The summed E-state index contributed by atoms with van der Waals surface area (Å²) in [6.45, 7) is 4.26. The fraction of sp³-hybridized carbons (Fsp3) is 0.750. The molecular weight excluding hydrogens is 416 g/mol. The highest BCUT2D eigenvalue weighted by atomic mass is 32.2. The molecule has 0 radical (unpaired) electrons. The fourth-order valence-corrected chi connectivity index (χ4v) is 2.95. The zero-order valence-corrected chi connectivity index (χ0v) is 16.6. The van der Waals surface area contributed by atoms with Gasteiger partial charge in [0.1, 0.15) is 18.8 Å². The standard InChI is InChI=1S/C16H26O12S/c1-3-4-5-12(18)25-6-10(27-9(2)17)7-26-16-15(21)14(20)13(19)11(28-16)8-29(22,23)24/h8,10-11,13-16,19-21H,2-7H2,1H3,(H-,17,22,23,24)/p+1/t10-,11-,13-,14+,15-,16-/m1/s1. The maximum Gasteiger partial charge on any atom is 0.424 e. The van der Waals surface area contributed by atoms with Crippen LogP contribution in [0, 0.1) is 5.75 Å². The van der Waals surface area contributed by atoms with Crippen molar-refractivity contribution in [1.29, 1.82) is 0 Å². The average Bonchev–Trinajstić information content (AvgIpc) is 2.62. The number of unbranched alkanes of at least 4 members (excludes halogenated alkanes) is 1. The predicted molar refractivity (Wildman–Crippen MR) is 95.6 cm³/mol. The van der Waals surface area contributed by atoms with Crippen molar-refractivity contribution in [3.63, 3.8) is 0 Å². The highest BCUT2D eigenvalue weighted by molar-refractivity contribution is 7.87. The number of rotatable bonds is 12. The van der Waals surface area contributed by atoms with E-state index in [0.29, 0.717) is 6.42 Å². The number of aliphatic hydroxyl groups is 4. The molecule has 1 fully saturated rings. The molecule has 0 bridgehead atoms. The number of esters is 1. The molecule has 1 rings (SSSR count). The van der Waals surface area contributed by atoms with Crippen molar-refractivity contribution in [3.8, 4) is 0 Å². The van der Waals surface area contributed by atoms with Crippen LogP contribution in [0.1, 0.15) is 26.2 Å². The van der Waals surface area contributed by atoms with E-state index >= 15 is 0 Å². The summed E-state index contributed by atoms with van der Waals surface area (Å²) in [5, 5.41) is 38.8. The summed E-state index contributed by atoms with van der Waals surface area (Å²) < 4.78 is 51.0. The Morgan fingerprint density at radius 2 is 1.86 bits per heavy atom. The lowest BCUT2D eigenvalue weighted by atomic mass is 10.00. The maximum absolute atomic E-state index is 11.6. The second-order valence-electron chi connectivity index (χ2n) is 6.35. The second-order valence-corrected chi connectivity index (χ2v) is 7.65. The monoisotopic (exact) mass is 443 g/mol. The van der Waals surface area contributed by atoms with Crippen molar-refractivity contribution >= 4 is 16.1 Å². The molecule has 0 spiro atoms. The molecule has 1 saturated heterocycles. The molecule has 6 atom stereocenters. The van der Waals surface area contributed by atoms with Crippen LogP contribution in [0.25, 0.3) is 0 Å². The Hall–Kier alpha value is -1.61. The van der Waals surface area contributed by atoms with E-state index in [-0.39, 0.29) is 18.8 Å². The van der Waals surface area contributed by atoms with Gasteiger partial charge in [0.15, 0.2) is 18.5 Å². The molecule has 0 saturated carbocycles. The minimum Gasteiger partial charge on any atom is -0.481 e. The molecule has 1 aliphatic rings. The van der Waals surface area contributed by atoms with Gasteiger partial charge in [-0.3, -0.25) is 9.35 Å². The first-order chi connectivity index (χ1) is 13.4. The molecular formula is C16H27O12S+. The summed E-state index contributed by atoms with van der Waals surface area (Å²) in [6.07, 6.45) is -8.28. The highest BCUT2D eigenvalue weighted by Crippen LogP contribution is 2.25. The van der Waals surface area contributed by atoms with Crippen molar-refractivity contribution in [2.24, 2.45) is 0 Å². The van der Waals surface area contributed by atoms with Crippen LogP contribution in [-0.4, -0.2) is 89.4 Å². The molecule has 1 aliphatic heterocycles. The minimum atomic E-state index is -4.68. The van der Waals surface area contributed by atoms with Gasteiger partial charge in [-0.2, -0.15) is 8.42 Å². The largest absolute Gasteiger partial charge is 0.481 e. The molecule has 0 aromatic carbocycles. The smallest absolute Gasteiger partial charge is 0.424 e. The molecule has 13 heteroatoms. The van der Waals surface area contributed by atoms with Crippen LogP contribution in [0.4, 0.5) is 0 Å². The first-order valence-electron chi connectivity index (χ1n) is 8.78. The Balaban J connectivity index is 2.69. The Labute approximate surface area is 168 Å². The van der Waals surface area contributed by atoms with Crippen LogP contribution in [-0.2, 0) is 33.9 Å². The van der Waals surface area contributed by atoms with Crippen LogP contribution < -0.4 is 0 Å². The topological polar surface area (TPSA) is 189 Å². The van der Waals surface area contributed by atoms with Gasteiger partial charge in [0.2, 0.25) is 6.10 Å². The highest BCUT2D eigenvalue weighted by Gasteiger charge is 2.50. The van der Waals surface area contributed by atoms with Gasteiger partial charge >= 0.3 is 16.1 Å². The SMILES string of the molecule is C=C(O)O[C@H](COC(=O)CCCC)CO[C@@H]1O[C@H]([CH+]S(=O)(=O)O)[C@@H](O)[C@H](O)[C@H]1O. The van der Waals surface area contributed by atoms with E-state index in [9.17, 15) is 33.6 Å². The van der Waals surface area contributed by atoms with Gasteiger partial charge in [0, 0.05) is 6.42 Å². The summed E-state index contributed by atoms with van der Waals surface area (Å²) in [7, 11) is -4.68. The van der Waals surface area contributed by atoms with Gasteiger partial charge in [0.25, 0.3) is 11.7 Å². The molecule has 5 N–H and O–H groups in total. The van der Waals surface area contributed by atoms with Crippen LogP contribution in [0.5, 0.6) is 0 Å². The molecule has 0 aliphatic carbocycles. The number of carbonyl (C=O) groups excluding carboxylic acids is 1. The summed E-state index contributed by atoms with van der Waals surface area (Å²) in [5.74, 6) is -0.956. The van der Waals surface area contributed by atoms with Crippen molar-refractivity contribution in [3.05, 3.63) is 18.3 Å². The third-order valence-electron chi connectivity index (χ3n) is 3.83. The number of aliphatic hydroxyl groups excluding tert-OH is 4. The lowest BCUT2D eigenvalue weighted by Crippen LogP contribution is -2.59. The molecule has 0 aromatic rings. The van der Waals surface area contributed by atoms with Gasteiger partial charge in [-0.25, -0.2) is 0 Å². The normalized spacial score (nSPS) is 28.4. The van der Waals surface area contributed by atoms with E-state index in [1.54, 1.807) is 0 Å². The fourth-order valence-electron chi connectivity index (χ4n) is 2.38. The molecule has 168 valence electrons. The van der Waals surface area contributed by atoms with E-state index in [4.69, 9.17) is 23.5 Å². The molecule has 0 amide bonds. The summed E-state index contributed by atoms with van der Waals surface area (Å²) >= 11 is 0. The summed E-state index contributed by atoms with van der Waals surface area (Å²) in [6, 6.07) is 0. The first-order valence-corrected chi connectivity index (χ1v) is 10.3. The van der Waals surface area contributed by atoms with Crippen molar-refractivity contribution in [2.75, 3.05) is 13.2 Å². The zero-order chi connectivity index (χ0) is 22.2. The van der Waals surface area contributed by atoms with Crippen LogP contribution in [0.15, 0.2) is 12.5 Å². The van der Waals surface area contributed by atoms with Crippen LogP contribution >= 0.6 is 0 Å². The molecule has 1 heterocycles. The Morgan fingerprint density at radius 3 is 2.41 bits per heavy atom. The Morgan fingerprint density at radius 1 is 1.21 bits per heavy atom. The van der Waals surface area contributed by atoms with E-state index < -0.39 is 65.4 Å². The summed E-state index contributed by atoms with van der Waals surface area (Å²) in [5.41, 5.74) is 0. The van der Waals surface area contributed by atoms with Gasteiger partial charge in [0.05, 0.1) is 6.61 Å². The van der Waals surface area contributed by atoms with Crippen molar-refractivity contribution < 1.29 is 57.1 Å². The number of carbonyl (C=O) groups is 1. The second kappa shape index (κ2) is 11.5. The van der Waals surface area contributed by atoms with Crippen molar-refractivity contribution in [1.82, 2.24) is 0 Å². The van der Waals surface area contributed by atoms with E-state index in [1.807, 2.05) is 6.92 Å². The van der Waals surface area contributed by atoms with E-state index in [2.05, 4.69) is 6.58 Å². The number of hydrogen-bond acceptors (Lipinski definition) is 11. The number of ether oxygens (including phenoxy) is 4. The molecule has 0 aromatic heterocycles. The quantitative estimate of drug-likeness (QED) is 0.107. The average molecular weight is 443 g/mol. The maximum atomic E-state index is 11.6. The lowest BCUT2D eigenvalue weighted by molar-refractivity contribution is -0.294. The predicted octanol–water partition coefficient (Wildman–Crippen LogP) is -0.992. The molecule has 12 nitrogen and oxygen atoms in total. The molecule has 0 unspecified atom stereocenters. The third-order valence-corrected chi connectivity index (χ3v) is 4.44. The van der Waals surface area contributed by atoms with Gasteiger partial charge in [-0.15, -0.1) is 0 Å². The number of hydrogen-bond donors (Lipinski definition) is 5. The van der Waals surface area contributed by atoms with E-state index in [1.165, 1.54) is 0 Å². The molecule has 29 heavy (non-hydrogen) atoms. The van der Waals surface area contributed by atoms with Gasteiger partial charge in [-0.1, -0.05) is 13.3 Å². The van der Waals surface area contributed by atoms with Crippen LogP contribution in [0.2, 0.25) is 0 Å². The van der Waals surface area contributed by atoms with Crippen molar-refractivity contribution in [2.45, 2.75) is 63.0 Å². The van der Waals surface area contributed by atoms with Gasteiger partial charge < -0.3 is 39.4 Å². The van der Waals surface area contributed by atoms with Crippen LogP contribution in [0.3, 0.4) is 0 Å². The first kappa shape index (κ1) is 25.4. The lowest BCUT2D eigenvalue weighted by Gasteiger charge is -2.36. The summed E-state index contributed by atoms with van der Waals surface area (Å²) in [4.78, 5) is 11.6. The zero-order valence-electron chi connectivity index (χ0n) is 15.8. The Kier molecular flexibility index (Phi) is 10.1.